The van der Waals surface area contributed by atoms with E-state index >= 15 is 4.39 Å². The van der Waals surface area contributed by atoms with Gasteiger partial charge in [-0.2, -0.15) is 0 Å². The molecular weight excluding hydrogens is 445 g/mol. The molecule has 2 nitrogen and oxygen atoms in total. The van der Waals surface area contributed by atoms with E-state index in [1.54, 1.807) is 38.1 Å². The molecule has 35 heavy (non-hydrogen) atoms. The van der Waals surface area contributed by atoms with Crippen LogP contribution >= 0.6 is 0 Å². The standard InChI is InChI=1S/C30H39F3N2/c1-22(35-15-5-4-6-16-35)26-12-10-25(20-29(26)32)27-11-9-24(19-28(27)31)8-7-23-13-17-34(18-14-23)21-30(2,3)33/h9-12,19-20,23H,1,4-8,13-18,21H2,2-3H3. The van der Waals surface area contributed by atoms with Gasteiger partial charge in [0.2, 0.25) is 0 Å². The minimum absolute atomic E-state index is 0.315. The van der Waals surface area contributed by atoms with Gasteiger partial charge < -0.3 is 9.80 Å². The first kappa shape index (κ1) is 25.8. The Morgan fingerprint density at radius 3 is 2.29 bits per heavy atom. The average Bonchev–Trinajstić information content (AvgIpc) is 2.83. The van der Waals surface area contributed by atoms with E-state index in [9.17, 15) is 8.78 Å². The highest BCUT2D eigenvalue weighted by Crippen LogP contribution is 2.31. The van der Waals surface area contributed by atoms with Crippen molar-refractivity contribution >= 4 is 5.70 Å². The summed E-state index contributed by atoms with van der Waals surface area (Å²) in [5, 5.41) is 0. The molecule has 2 aliphatic rings. The number of alkyl halides is 1. The Bertz CT molecular complexity index is 1010. The van der Waals surface area contributed by atoms with Gasteiger partial charge in [-0.05, 0) is 107 Å². The molecule has 2 aliphatic heterocycles. The van der Waals surface area contributed by atoms with Crippen LogP contribution in [0.1, 0.15) is 63.5 Å². The molecule has 4 rings (SSSR count). The van der Waals surface area contributed by atoms with Crippen LogP contribution < -0.4 is 0 Å². The topological polar surface area (TPSA) is 6.48 Å². The van der Waals surface area contributed by atoms with Gasteiger partial charge >= 0.3 is 0 Å². The zero-order valence-corrected chi connectivity index (χ0v) is 21.3. The number of hydrogen-bond donors (Lipinski definition) is 0. The zero-order chi connectivity index (χ0) is 25.0. The van der Waals surface area contributed by atoms with Crippen molar-refractivity contribution in [2.24, 2.45) is 5.92 Å². The first-order valence-corrected chi connectivity index (χ1v) is 13.1. The fraction of sp³-hybridized carbons (Fsp3) is 0.533. The van der Waals surface area contributed by atoms with Gasteiger partial charge in [-0.3, -0.25) is 0 Å². The van der Waals surface area contributed by atoms with Crippen molar-refractivity contribution in [3.8, 4) is 11.1 Å². The molecule has 190 valence electrons. The highest BCUT2D eigenvalue weighted by molar-refractivity contribution is 5.70. The lowest BCUT2D eigenvalue weighted by Crippen LogP contribution is -2.41. The number of benzene rings is 2. The molecule has 5 heteroatoms. The molecule has 0 amide bonds. The lowest BCUT2D eigenvalue weighted by atomic mass is 9.89. The van der Waals surface area contributed by atoms with Crippen LogP contribution in [0.3, 0.4) is 0 Å². The van der Waals surface area contributed by atoms with E-state index in [4.69, 9.17) is 0 Å². The van der Waals surface area contributed by atoms with Crippen molar-refractivity contribution in [1.29, 1.82) is 0 Å². The molecule has 0 radical (unpaired) electrons. The predicted molar refractivity (Wildman–Crippen MR) is 139 cm³/mol. The van der Waals surface area contributed by atoms with Crippen LogP contribution in [0.2, 0.25) is 0 Å². The maximum atomic E-state index is 15.0. The van der Waals surface area contributed by atoms with E-state index < -0.39 is 5.67 Å². The largest absolute Gasteiger partial charge is 0.371 e. The van der Waals surface area contributed by atoms with Crippen molar-refractivity contribution in [1.82, 2.24) is 9.80 Å². The van der Waals surface area contributed by atoms with Gasteiger partial charge in [0.25, 0.3) is 0 Å². The second kappa shape index (κ2) is 11.2. The molecule has 0 bridgehead atoms. The highest BCUT2D eigenvalue weighted by atomic mass is 19.1. The minimum Gasteiger partial charge on any atom is -0.371 e. The predicted octanol–water partition coefficient (Wildman–Crippen LogP) is 7.48. The van der Waals surface area contributed by atoms with Gasteiger partial charge in [0.15, 0.2) is 0 Å². The summed E-state index contributed by atoms with van der Waals surface area (Å²) in [6.07, 6.45) is 7.36. The minimum atomic E-state index is -1.16. The van der Waals surface area contributed by atoms with Gasteiger partial charge in [0.05, 0.1) is 0 Å². The van der Waals surface area contributed by atoms with E-state index in [0.717, 1.165) is 70.3 Å². The van der Waals surface area contributed by atoms with Gasteiger partial charge in [-0.1, -0.05) is 24.8 Å². The Labute approximate surface area is 208 Å². The molecule has 2 aromatic rings. The van der Waals surface area contributed by atoms with Crippen molar-refractivity contribution in [3.63, 3.8) is 0 Å². The van der Waals surface area contributed by atoms with Gasteiger partial charge in [-0.25, -0.2) is 13.2 Å². The van der Waals surface area contributed by atoms with Gasteiger partial charge in [0, 0.05) is 36.5 Å². The summed E-state index contributed by atoms with van der Waals surface area (Å²) in [6, 6.07) is 10.3. The van der Waals surface area contributed by atoms with Crippen LogP contribution in [0.15, 0.2) is 43.0 Å². The van der Waals surface area contributed by atoms with Crippen molar-refractivity contribution in [3.05, 3.63) is 65.7 Å². The Morgan fingerprint density at radius 1 is 0.943 bits per heavy atom. The molecule has 0 spiro atoms. The number of likely N-dealkylation sites (tertiary alicyclic amines) is 2. The van der Waals surface area contributed by atoms with Gasteiger partial charge in [-0.15, -0.1) is 0 Å². The first-order valence-electron chi connectivity index (χ1n) is 13.1. The van der Waals surface area contributed by atoms with Crippen LogP contribution in [0.4, 0.5) is 13.2 Å². The second-order valence-corrected chi connectivity index (χ2v) is 11.0. The number of rotatable bonds is 8. The molecule has 2 saturated heterocycles. The number of hydrogen-bond acceptors (Lipinski definition) is 2. The maximum Gasteiger partial charge on any atom is 0.133 e. The van der Waals surface area contributed by atoms with E-state index in [-0.39, 0.29) is 11.6 Å². The van der Waals surface area contributed by atoms with Crippen LogP contribution in [-0.2, 0) is 6.42 Å². The molecule has 0 saturated carbocycles. The van der Waals surface area contributed by atoms with Crippen LogP contribution in [0, 0.1) is 17.6 Å². The Balaban J connectivity index is 1.34. The van der Waals surface area contributed by atoms with E-state index in [0.29, 0.717) is 34.9 Å². The highest BCUT2D eigenvalue weighted by Gasteiger charge is 2.25. The SMILES string of the molecule is C=C(c1ccc(-c2ccc(CCC3CCN(CC(C)(C)F)CC3)cc2F)cc1F)N1CCCCC1. The first-order chi connectivity index (χ1) is 16.7. The summed E-state index contributed by atoms with van der Waals surface area (Å²) in [4.78, 5) is 4.35. The quantitative estimate of drug-likeness (QED) is 0.383. The number of nitrogens with zero attached hydrogens (tertiary/aromatic N) is 2. The summed E-state index contributed by atoms with van der Waals surface area (Å²) < 4.78 is 43.8. The monoisotopic (exact) mass is 484 g/mol. The van der Waals surface area contributed by atoms with Crippen LogP contribution in [0.25, 0.3) is 16.8 Å². The smallest absolute Gasteiger partial charge is 0.133 e. The molecule has 2 heterocycles. The number of piperidine rings is 2. The normalized spacial score (nSPS) is 18.1. The fourth-order valence-electron chi connectivity index (χ4n) is 5.53. The van der Waals surface area contributed by atoms with E-state index in [1.807, 2.05) is 6.07 Å². The summed E-state index contributed by atoms with van der Waals surface area (Å²) in [5.41, 5.74) is 1.98. The average molecular weight is 485 g/mol. The molecule has 0 atom stereocenters. The maximum absolute atomic E-state index is 15.0. The molecule has 0 N–H and O–H groups in total. The summed E-state index contributed by atoms with van der Waals surface area (Å²) in [6.45, 7) is 11.5. The molecular formula is C30H39F3N2. The van der Waals surface area contributed by atoms with Crippen LogP contribution in [0.5, 0.6) is 0 Å². The van der Waals surface area contributed by atoms with E-state index in [2.05, 4.69) is 16.4 Å². The lowest BCUT2D eigenvalue weighted by molar-refractivity contribution is 0.0943. The molecule has 0 unspecified atom stereocenters. The zero-order valence-electron chi connectivity index (χ0n) is 21.3. The third-order valence-electron chi connectivity index (χ3n) is 7.51. The third kappa shape index (κ3) is 6.91. The Kier molecular flexibility index (Phi) is 8.26. The van der Waals surface area contributed by atoms with Crippen molar-refractivity contribution < 1.29 is 13.2 Å². The third-order valence-corrected chi connectivity index (χ3v) is 7.51. The number of halogens is 3. The Morgan fingerprint density at radius 2 is 1.66 bits per heavy atom. The Hall–Kier alpha value is -2.27. The lowest BCUT2D eigenvalue weighted by Gasteiger charge is -2.34. The molecule has 0 aliphatic carbocycles. The molecule has 2 fully saturated rings. The number of aryl methyl sites for hydroxylation is 1. The molecule has 2 aromatic carbocycles. The fourth-order valence-corrected chi connectivity index (χ4v) is 5.53. The van der Waals surface area contributed by atoms with Gasteiger partial charge in [0.1, 0.15) is 17.3 Å². The summed E-state index contributed by atoms with van der Waals surface area (Å²) in [5.74, 6) is -0.0834. The van der Waals surface area contributed by atoms with Crippen molar-refractivity contribution in [2.45, 2.75) is 64.5 Å². The van der Waals surface area contributed by atoms with Crippen LogP contribution in [-0.4, -0.2) is 48.2 Å². The summed E-state index contributed by atoms with van der Waals surface area (Å²) in [7, 11) is 0. The second-order valence-electron chi connectivity index (χ2n) is 11.0. The molecule has 0 aromatic heterocycles. The summed E-state index contributed by atoms with van der Waals surface area (Å²) >= 11 is 0. The van der Waals surface area contributed by atoms with Crippen molar-refractivity contribution in [2.75, 3.05) is 32.7 Å². The van der Waals surface area contributed by atoms with E-state index in [1.165, 1.54) is 12.5 Å².